The zero-order valence-corrected chi connectivity index (χ0v) is 19.0. The third kappa shape index (κ3) is 4.80. The quantitative estimate of drug-likeness (QED) is 0.438. The third-order valence-electron chi connectivity index (χ3n) is 4.92. The fourth-order valence-electron chi connectivity index (χ4n) is 3.23. The summed E-state index contributed by atoms with van der Waals surface area (Å²) in [5.74, 6) is 0.249. The van der Waals surface area contributed by atoms with E-state index in [0.717, 1.165) is 28.8 Å². The van der Waals surface area contributed by atoms with Crippen LogP contribution in [0.3, 0.4) is 0 Å². The van der Waals surface area contributed by atoms with Crippen LogP contribution in [-0.2, 0) is 28.1 Å². The molecule has 32 heavy (non-hydrogen) atoms. The summed E-state index contributed by atoms with van der Waals surface area (Å²) in [6.07, 6.45) is 1.62. The first-order chi connectivity index (χ1) is 15.6. The van der Waals surface area contributed by atoms with E-state index in [0.29, 0.717) is 22.4 Å². The zero-order valence-electron chi connectivity index (χ0n) is 17.6. The van der Waals surface area contributed by atoms with Crippen LogP contribution in [0.1, 0.15) is 11.3 Å². The van der Waals surface area contributed by atoms with E-state index in [1.54, 1.807) is 42.6 Å². The Morgan fingerprint density at radius 2 is 1.44 bits per heavy atom. The van der Waals surface area contributed by atoms with Crippen molar-refractivity contribution < 1.29 is 31.3 Å². The molecule has 8 heteroatoms. The van der Waals surface area contributed by atoms with Crippen LogP contribution in [0.5, 0.6) is 11.5 Å². The first-order valence-corrected chi connectivity index (χ1v) is 10.3. The Balaban J connectivity index is 0.00000141. The van der Waals surface area contributed by atoms with Gasteiger partial charge in [0.2, 0.25) is 0 Å². The SMILES string of the molecule is Cc1c(N=Cc2ccccc2O)c(=Nc2ccccc2O)n(-c2ccccc2)n1C.[O]=[V]. The molecule has 0 aliphatic heterocycles. The number of para-hydroxylation sites is 4. The van der Waals surface area contributed by atoms with Crippen LogP contribution in [0.4, 0.5) is 11.4 Å². The van der Waals surface area contributed by atoms with Crippen molar-refractivity contribution >= 4 is 17.6 Å². The van der Waals surface area contributed by atoms with E-state index in [1.807, 2.05) is 65.8 Å². The molecule has 0 bridgehead atoms. The molecule has 3 aromatic carbocycles. The normalized spacial score (nSPS) is 11.3. The van der Waals surface area contributed by atoms with Crippen LogP contribution < -0.4 is 5.49 Å². The van der Waals surface area contributed by atoms with Gasteiger partial charge in [0.1, 0.15) is 22.9 Å². The molecule has 161 valence electrons. The van der Waals surface area contributed by atoms with Crippen molar-refractivity contribution in [2.24, 2.45) is 17.0 Å². The number of phenolic OH excluding ortho intramolecular Hbond substituents is 2. The summed E-state index contributed by atoms with van der Waals surface area (Å²) in [6.45, 7) is 1.96. The van der Waals surface area contributed by atoms with Crippen molar-refractivity contribution in [2.75, 3.05) is 0 Å². The van der Waals surface area contributed by atoms with Gasteiger partial charge in [0.25, 0.3) is 0 Å². The van der Waals surface area contributed by atoms with Gasteiger partial charge in [-0.2, -0.15) is 0 Å². The summed E-state index contributed by atoms with van der Waals surface area (Å²) in [5.41, 5.74) is 4.09. The van der Waals surface area contributed by atoms with Crippen molar-refractivity contribution in [3.8, 4) is 17.2 Å². The fraction of sp³-hybridized carbons (Fsp3) is 0.0833. The number of hydrogen-bond acceptors (Lipinski definition) is 5. The van der Waals surface area contributed by atoms with Crippen molar-refractivity contribution in [1.29, 1.82) is 0 Å². The number of aromatic nitrogens is 2. The second kappa shape index (κ2) is 10.6. The Kier molecular flexibility index (Phi) is 7.60. The number of aliphatic imine (C=N–C) groups is 1. The number of hydrogen-bond donors (Lipinski definition) is 2. The molecule has 0 aliphatic carbocycles. The van der Waals surface area contributed by atoms with E-state index >= 15 is 0 Å². The van der Waals surface area contributed by atoms with E-state index in [9.17, 15) is 10.2 Å². The molecular formula is C24H22N4O3V. The van der Waals surface area contributed by atoms with Crippen LogP contribution in [-0.4, -0.2) is 25.8 Å². The van der Waals surface area contributed by atoms with Gasteiger partial charge in [-0.15, -0.1) is 0 Å². The Morgan fingerprint density at radius 1 is 0.844 bits per heavy atom. The molecule has 0 aliphatic rings. The molecule has 7 nitrogen and oxygen atoms in total. The molecule has 0 spiro atoms. The van der Waals surface area contributed by atoms with E-state index < -0.39 is 0 Å². The average molecular weight is 465 g/mol. The Bertz CT molecular complexity index is 1310. The summed E-state index contributed by atoms with van der Waals surface area (Å²) in [7, 11) is 1.94. The Morgan fingerprint density at radius 3 is 2.09 bits per heavy atom. The van der Waals surface area contributed by atoms with Crippen molar-refractivity contribution in [3.63, 3.8) is 0 Å². The van der Waals surface area contributed by atoms with E-state index in [2.05, 4.69) is 4.99 Å². The Hall–Kier alpha value is -3.68. The molecule has 0 saturated heterocycles. The van der Waals surface area contributed by atoms with Gasteiger partial charge in [0.15, 0.2) is 5.49 Å². The van der Waals surface area contributed by atoms with E-state index in [4.69, 9.17) is 8.67 Å². The maximum absolute atomic E-state index is 10.3. The monoisotopic (exact) mass is 465 g/mol. The molecule has 1 heterocycles. The van der Waals surface area contributed by atoms with Crippen LogP contribution in [0.25, 0.3) is 5.69 Å². The molecule has 0 fully saturated rings. The van der Waals surface area contributed by atoms with Gasteiger partial charge in [0, 0.05) is 18.8 Å². The van der Waals surface area contributed by atoms with Crippen LogP contribution in [0.15, 0.2) is 88.8 Å². The standard InChI is InChI=1S/C24H22N4O2.O.V/c1-17-23(25-16-18-10-6-8-14-21(18)29)24(26-20-13-7-9-15-22(20)30)28(27(17)2)19-11-4-3-5-12-19;;/h3-16,29-30H,1-2H3;;. The predicted octanol–water partition coefficient (Wildman–Crippen LogP) is 4.40. The van der Waals surface area contributed by atoms with Crippen LogP contribution >= 0.6 is 0 Å². The van der Waals surface area contributed by atoms with Gasteiger partial charge in [-0.05, 0) is 43.3 Å². The number of rotatable bonds is 4. The molecule has 0 atom stereocenters. The van der Waals surface area contributed by atoms with Gasteiger partial charge >= 0.3 is 21.0 Å². The van der Waals surface area contributed by atoms with Gasteiger partial charge in [-0.25, -0.2) is 9.67 Å². The number of nitrogens with zero attached hydrogens (tertiary/aromatic N) is 4. The first kappa shape index (κ1) is 23.0. The molecular weight excluding hydrogens is 443 g/mol. The second-order valence-corrected chi connectivity index (χ2v) is 6.85. The minimum absolute atomic E-state index is 0.0919. The van der Waals surface area contributed by atoms with Crippen molar-refractivity contribution in [3.05, 3.63) is 95.6 Å². The molecule has 4 rings (SSSR count). The summed E-state index contributed by atoms with van der Waals surface area (Å²) in [4.78, 5) is 9.42. The number of phenols is 2. The molecule has 2 N–H and O–H groups in total. The predicted molar refractivity (Wildman–Crippen MR) is 119 cm³/mol. The van der Waals surface area contributed by atoms with Crippen LogP contribution in [0.2, 0.25) is 0 Å². The number of aromatic hydroxyl groups is 2. The minimum atomic E-state index is 0.0919. The second-order valence-electron chi connectivity index (χ2n) is 6.85. The molecule has 4 aromatic rings. The average Bonchev–Trinajstić information content (AvgIpc) is 3.06. The first-order valence-electron chi connectivity index (χ1n) is 9.73. The van der Waals surface area contributed by atoms with Gasteiger partial charge in [-0.3, -0.25) is 9.67 Å². The summed E-state index contributed by atoms with van der Waals surface area (Å²) in [5, 5.41) is 20.3. The molecule has 1 aromatic heterocycles. The van der Waals surface area contributed by atoms with Gasteiger partial charge < -0.3 is 10.2 Å². The van der Waals surface area contributed by atoms with Gasteiger partial charge in [0.05, 0.1) is 11.4 Å². The topological polar surface area (TPSA) is 92.1 Å². The van der Waals surface area contributed by atoms with E-state index in [1.165, 1.54) is 0 Å². The number of benzene rings is 3. The van der Waals surface area contributed by atoms with Crippen molar-refractivity contribution in [2.45, 2.75) is 6.92 Å². The summed E-state index contributed by atoms with van der Waals surface area (Å²) in [6, 6.07) is 23.8. The zero-order chi connectivity index (χ0) is 23.1. The molecule has 0 radical (unpaired) electrons. The molecule has 0 saturated carbocycles. The van der Waals surface area contributed by atoms with Crippen LogP contribution in [0, 0.1) is 6.92 Å². The van der Waals surface area contributed by atoms with Gasteiger partial charge in [-0.1, -0.05) is 42.5 Å². The molecule has 0 amide bonds. The molecule has 0 unspecified atom stereocenters. The Labute approximate surface area is 194 Å². The van der Waals surface area contributed by atoms with E-state index in [-0.39, 0.29) is 11.5 Å². The fourth-order valence-corrected chi connectivity index (χ4v) is 3.23. The maximum atomic E-state index is 10.3. The third-order valence-corrected chi connectivity index (χ3v) is 4.92. The van der Waals surface area contributed by atoms with Crippen molar-refractivity contribution in [1.82, 2.24) is 9.36 Å². The summed E-state index contributed by atoms with van der Waals surface area (Å²) >= 11 is 1.06. The summed E-state index contributed by atoms with van der Waals surface area (Å²) < 4.78 is 12.1.